The van der Waals surface area contributed by atoms with Crippen LogP contribution in [0.2, 0.25) is 10.0 Å². The quantitative estimate of drug-likeness (QED) is 0.917. The third-order valence-corrected chi connectivity index (χ3v) is 2.61. The number of rotatable bonds is 4. The molecular formula is C10H9Cl2F3O2. The molecule has 0 spiro atoms. The predicted molar refractivity (Wildman–Crippen MR) is 58.3 cm³/mol. The summed E-state index contributed by atoms with van der Waals surface area (Å²) in [6.07, 6.45) is -5.58. The van der Waals surface area contributed by atoms with Gasteiger partial charge in [0.15, 0.2) is 0 Å². The van der Waals surface area contributed by atoms with Gasteiger partial charge in [-0.15, -0.1) is 0 Å². The average Bonchev–Trinajstić information content (AvgIpc) is 2.20. The number of aliphatic hydroxyl groups excluding tert-OH is 1. The van der Waals surface area contributed by atoms with E-state index >= 15 is 0 Å². The first-order chi connectivity index (χ1) is 7.79. The van der Waals surface area contributed by atoms with Gasteiger partial charge in [-0.2, -0.15) is 13.2 Å². The van der Waals surface area contributed by atoms with Gasteiger partial charge in [-0.25, -0.2) is 0 Å². The molecule has 1 aromatic carbocycles. The van der Waals surface area contributed by atoms with Crippen LogP contribution in [0.4, 0.5) is 13.2 Å². The lowest BCUT2D eigenvalue weighted by Crippen LogP contribution is -2.19. The Bertz CT molecular complexity index is 382. The molecule has 0 saturated heterocycles. The molecule has 0 amide bonds. The zero-order valence-electron chi connectivity index (χ0n) is 8.47. The van der Waals surface area contributed by atoms with E-state index in [0.717, 1.165) is 0 Å². The van der Waals surface area contributed by atoms with Crippen molar-refractivity contribution in [1.82, 2.24) is 0 Å². The Balaban J connectivity index is 2.52. The van der Waals surface area contributed by atoms with E-state index in [9.17, 15) is 18.3 Å². The van der Waals surface area contributed by atoms with Crippen LogP contribution in [-0.4, -0.2) is 24.5 Å². The van der Waals surface area contributed by atoms with Crippen LogP contribution >= 0.6 is 23.2 Å². The summed E-state index contributed by atoms with van der Waals surface area (Å²) in [6.45, 7) is -1.86. The maximum atomic E-state index is 11.8. The fraction of sp³-hybridized carbons (Fsp3) is 0.400. The van der Waals surface area contributed by atoms with Gasteiger partial charge in [0.2, 0.25) is 0 Å². The largest absolute Gasteiger partial charge is 0.411 e. The molecule has 0 bridgehead atoms. The molecule has 1 unspecified atom stereocenters. The fourth-order valence-electron chi connectivity index (χ4n) is 1.10. The Hall–Kier alpha value is -0.490. The van der Waals surface area contributed by atoms with E-state index in [-0.39, 0.29) is 5.02 Å². The van der Waals surface area contributed by atoms with Crippen LogP contribution in [0, 0.1) is 0 Å². The molecule has 0 heterocycles. The highest BCUT2D eigenvalue weighted by atomic mass is 35.5. The summed E-state index contributed by atoms with van der Waals surface area (Å²) in [5.41, 5.74) is 0.349. The predicted octanol–water partition coefficient (Wildman–Crippen LogP) is 3.61. The summed E-state index contributed by atoms with van der Waals surface area (Å²) in [5, 5.41) is 10.1. The van der Waals surface area contributed by atoms with Gasteiger partial charge in [0, 0.05) is 0 Å². The van der Waals surface area contributed by atoms with E-state index < -0.39 is 25.5 Å². The van der Waals surface area contributed by atoms with E-state index in [0.29, 0.717) is 10.6 Å². The lowest BCUT2D eigenvalue weighted by atomic mass is 10.1. The van der Waals surface area contributed by atoms with Gasteiger partial charge in [0.25, 0.3) is 0 Å². The van der Waals surface area contributed by atoms with Gasteiger partial charge in [0.05, 0.1) is 16.7 Å². The number of benzene rings is 1. The van der Waals surface area contributed by atoms with Crippen molar-refractivity contribution in [3.8, 4) is 0 Å². The van der Waals surface area contributed by atoms with Crippen LogP contribution in [0.15, 0.2) is 18.2 Å². The van der Waals surface area contributed by atoms with Crippen LogP contribution in [-0.2, 0) is 4.74 Å². The zero-order valence-corrected chi connectivity index (χ0v) is 9.98. The Morgan fingerprint density at radius 2 is 1.88 bits per heavy atom. The van der Waals surface area contributed by atoms with Crippen molar-refractivity contribution in [2.24, 2.45) is 0 Å². The zero-order chi connectivity index (χ0) is 13.1. The number of aliphatic hydroxyl groups is 1. The molecule has 1 aromatic rings. The molecule has 1 atom stereocenters. The monoisotopic (exact) mass is 288 g/mol. The highest BCUT2D eigenvalue weighted by Crippen LogP contribution is 2.26. The fourth-order valence-corrected chi connectivity index (χ4v) is 1.41. The molecule has 1 rings (SSSR count). The maximum Gasteiger partial charge on any atom is 0.411 e. The third kappa shape index (κ3) is 5.12. The van der Waals surface area contributed by atoms with Gasteiger partial charge in [-0.1, -0.05) is 29.3 Å². The normalized spacial score (nSPS) is 13.8. The summed E-state index contributed by atoms with van der Waals surface area (Å²) in [6, 6.07) is 4.30. The first-order valence-electron chi connectivity index (χ1n) is 4.57. The van der Waals surface area contributed by atoms with Crippen LogP contribution in [0.3, 0.4) is 0 Å². The summed E-state index contributed by atoms with van der Waals surface area (Å²) in [7, 11) is 0. The lowest BCUT2D eigenvalue weighted by molar-refractivity contribution is -0.179. The highest BCUT2D eigenvalue weighted by molar-refractivity contribution is 6.42. The minimum Gasteiger partial charge on any atom is -0.386 e. The molecule has 1 N–H and O–H groups in total. The highest BCUT2D eigenvalue weighted by Gasteiger charge is 2.27. The van der Waals surface area contributed by atoms with Crippen LogP contribution in [0.25, 0.3) is 0 Å². The molecule has 96 valence electrons. The molecule has 0 aliphatic heterocycles. The molecule has 0 radical (unpaired) electrons. The molecule has 0 aromatic heterocycles. The summed E-state index contributed by atoms with van der Waals surface area (Å²) in [4.78, 5) is 0. The van der Waals surface area contributed by atoms with Crippen molar-refractivity contribution in [2.75, 3.05) is 13.2 Å². The van der Waals surface area contributed by atoms with E-state index in [1.54, 1.807) is 0 Å². The molecule has 0 saturated carbocycles. The Labute approximate surface area is 106 Å². The van der Waals surface area contributed by atoms with Crippen molar-refractivity contribution in [3.05, 3.63) is 33.8 Å². The van der Waals surface area contributed by atoms with Crippen molar-refractivity contribution in [2.45, 2.75) is 12.3 Å². The molecule has 2 nitrogen and oxygen atoms in total. The first kappa shape index (κ1) is 14.6. The minimum atomic E-state index is -4.41. The molecule has 0 fully saturated rings. The van der Waals surface area contributed by atoms with Crippen molar-refractivity contribution >= 4 is 23.2 Å². The molecule has 7 heteroatoms. The molecular weight excluding hydrogens is 280 g/mol. The number of hydrogen-bond donors (Lipinski definition) is 1. The SMILES string of the molecule is OC(COCC(F)(F)F)c1ccc(Cl)c(Cl)c1. The second kappa shape index (κ2) is 5.91. The van der Waals surface area contributed by atoms with E-state index in [1.165, 1.54) is 18.2 Å². The Morgan fingerprint density at radius 1 is 1.24 bits per heavy atom. The maximum absolute atomic E-state index is 11.8. The Morgan fingerprint density at radius 3 is 2.41 bits per heavy atom. The van der Waals surface area contributed by atoms with Gasteiger partial charge in [-0.05, 0) is 17.7 Å². The van der Waals surface area contributed by atoms with Crippen molar-refractivity contribution < 1.29 is 23.0 Å². The standard InChI is InChI=1S/C10H9Cl2F3O2/c11-7-2-1-6(3-8(7)12)9(16)4-17-5-10(13,14)15/h1-3,9,16H,4-5H2. The average molecular weight is 289 g/mol. The van der Waals surface area contributed by atoms with Gasteiger partial charge < -0.3 is 9.84 Å². The van der Waals surface area contributed by atoms with E-state index in [4.69, 9.17) is 23.2 Å². The topological polar surface area (TPSA) is 29.5 Å². The summed E-state index contributed by atoms with van der Waals surface area (Å²) in [5.74, 6) is 0. The summed E-state index contributed by atoms with van der Waals surface area (Å²) < 4.78 is 39.7. The molecule has 0 aliphatic carbocycles. The summed E-state index contributed by atoms with van der Waals surface area (Å²) >= 11 is 11.4. The van der Waals surface area contributed by atoms with Gasteiger partial charge in [0.1, 0.15) is 12.7 Å². The number of halogens is 5. The van der Waals surface area contributed by atoms with Crippen LogP contribution in [0.1, 0.15) is 11.7 Å². The smallest absolute Gasteiger partial charge is 0.386 e. The van der Waals surface area contributed by atoms with Gasteiger partial charge in [-0.3, -0.25) is 0 Å². The first-order valence-corrected chi connectivity index (χ1v) is 5.32. The van der Waals surface area contributed by atoms with Crippen LogP contribution < -0.4 is 0 Å². The van der Waals surface area contributed by atoms with Crippen molar-refractivity contribution in [3.63, 3.8) is 0 Å². The van der Waals surface area contributed by atoms with Crippen LogP contribution in [0.5, 0.6) is 0 Å². The molecule has 0 aliphatic rings. The number of alkyl halides is 3. The van der Waals surface area contributed by atoms with Gasteiger partial charge >= 0.3 is 6.18 Å². The minimum absolute atomic E-state index is 0.221. The van der Waals surface area contributed by atoms with Crippen molar-refractivity contribution in [1.29, 1.82) is 0 Å². The number of hydrogen-bond acceptors (Lipinski definition) is 2. The number of ether oxygens (including phenoxy) is 1. The third-order valence-electron chi connectivity index (χ3n) is 1.87. The second-order valence-electron chi connectivity index (χ2n) is 3.32. The lowest BCUT2D eigenvalue weighted by Gasteiger charge is -2.13. The van der Waals surface area contributed by atoms with E-state index in [2.05, 4.69) is 4.74 Å². The second-order valence-corrected chi connectivity index (χ2v) is 4.13. The van der Waals surface area contributed by atoms with E-state index in [1.807, 2.05) is 0 Å². The molecule has 17 heavy (non-hydrogen) atoms. The Kier molecular flexibility index (Phi) is 5.06.